The number of methoxy groups -OCH3 is 2. The summed E-state index contributed by atoms with van der Waals surface area (Å²) in [6.45, 7) is 4.72. The number of ether oxygens (including phenoxy) is 2. The first-order valence-corrected chi connectivity index (χ1v) is 10.9. The molecule has 1 saturated heterocycles. The fourth-order valence-electron chi connectivity index (χ4n) is 4.39. The average Bonchev–Trinajstić information content (AvgIpc) is 2.84. The molecule has 1 aliphatic heterocycles. The molecule has 1 heterocycles. The van der Waals surface area contributed by atoms with Crippen molar-refractivity contribution >= 4 is 5.91 Å². The number of benzene rings is 3. The number of rotatable bonds is 6. The predicted molar refractivity (Wildman–Crippen MR) is 127 cm³/mol. The lowest BCUT2D eigenvalue weighted by atomic mass is 9.99. The number of piperazine rings is 1. The molecule has 4 rings (SSSR count). The van der Waals surface area contributed by atoms with E-state index in [1.165, 1.54) is 11.1 Å². The fraction of sp³-hybridized carbons (Fsp3) is 0.296. The third kappa shape index (κ3) is 4.78. The lowest BCUT2D eigenvalue weighted by molar-refractivity contribution is -0.132. The smallest absolute Gasteiger partial charge is 0.219 e. The second kappa shape index (κ2) is 9.88. The summed E-state index contributed by atoms with van der Waals surface area (Å²) >= 11 is 0. The quantitative estimate of drug-likeness (QED) is 0.565. The van der Waals surface area contributed by atoms with Crippen molar-refractivity contribution in [2.24, 2.45) is 0 Å². The van der Waals surface area contributed by atoms with Crippen LogP contribution in [0.25, 0.3) is 11.1 Å². The number of amides is 1. The highest BCUT2D eigenvalue weighted by atomic mass is 16.5. The molecule has 0 aromatic heterocycles. The topological polar surface area (TPSA) is 42.0 Å². The van der Waals surface area contributed by atoms with E-state index in [0.29, 0.717) is 6.54 Å². The van der Waals surface area contributed by atoms with Crippen LogP contribution in [0.4, 0.5) is 0 Å². The summed E-state index contributed by atoms with van der Waals surface area (Å²) in [5, 5.41) is 0. The molecule has 0 N–H and O–H groups in total. The average molecular weight is 431 g/mol. The van der Waals surface area contributed by atoms with Gasteiger partial charge in [0.15, 0.2) is 0 Å². The highest BCUT2D eigenvalue weighted by Gasteiger charge is 2.29. The Balaban J connectivity index is 1.60. The number of para-hydroxylation sites is 1. The Hall–Kier alpha value is -3.31. The third-order valence-corrected chi connectivity index (χ3v) is 6.17. The molecule has 166 valence electrons. The number of nitrogens with zero attached hydrogens (tertiary/aromatic N) is 2. The summed E-state index contributed by atoms with van der Waals surface area (Å²) in [5.74, 6) is 1.83. The Kier molecular flexibility index (Phi) is 6.76. The molecule has 32 heavy (non-hydrogen) atoms. The zero-order valence-corrected chi connectivity index (χ0v) is 19.0. The third-order valence-electron chi connectivity index (χ3n) is 6.17. The van der Waals surface area contributed by atoms with Gasteiger partial charge in [-0.05, 0) is 41.0 Å². The predicted octanol–water partition coefficient (Wildman–Crippen LogP) is 4.78. The SMILES string of the molecule is COc1ccc([C@@H]2CN(C(C)=O)CCN2Cc2cccc(-c3ccccc3OC)c2)cc1. The molecule has 0 bridgehead atoms. The van der Waals surface area contributed by atoms with Crippen molar-refractivity contribution in [2.75, 3.05) is 33.9 Å². The summed E-state index contributed by atoms with van der Waals surface area (Å²) < 4.78 is 10.9. The lowest BCUT2D eigenvalue weighted by Gasteiger charge is -2.41. The highest BCUT2D eigenvalue weighted by Crippen LogP contribution is 2.32. The monoisotopic (exact) mass is 430 g/mol. The van der Waals surface area contributed by atoms with E-state index in [1.807, 2.05) is 35.2 Å². The molecule has 1 fully saturated rings. The molecule has 0 spiro atoms. The minimum Gasteiger partial charge on any atom is -0.497 e. The molecule has 3 aromatic rings. The number of carbonyl (C=O) groups excluding carboxylic acids is 1. The molecular formula is C27H30N2O3. The summed E-state index contributed by atoms with van der Waals surface area (Å²) in [4.78, 5) is 16.5. The van der Waals surface area contributed by atoms with Gasteiger partial charge in [0.1, 0.15) is 11.5 Å². The second-order valence-corrected chi connectivity index (χ2v) is 8.13. The van der Waals surface area contributed by atoms with Crippen LogP contribution in [0, 0.1) is 0 Å². The Bertz CT molecular complexity index is 1060. The second-order valence-electron chi connectivity index (χ2n) is 8.13. The van der Waals surface area contributed by atoms with Crippen LogP contribution in [0.2, 0.25) is 0 Å². The van der Waals surface area contributed by atoms with Crippen molar-refractivity contribution in [1.29, 1.82) is 0 Å². The Morgan fingerprint density at radius 2 is 1.72 bits per heavy atom. The molecule has 1 aliphatic rings. The minimum atomic E-state index is 0.126. The maximum absolute atomic E-state index is 12.1. The molecule has 0 radical (unpaired) electrons. The lowest BCUT2D eigenvalue weighted by Crippen LogP contribution is -2.49. The van der Waals surface area contributed by atoms with Crippen molar-refractivity contribution in [3.8, 4) is 22.6 Å². The molecule has 1 atom stereocenters. The van der Waals surface area contributed by atoms with Gasteiger partial charge in [0, 0.05) is 38.7 Å². The van der Waals surface area contributed by atoms with Gasteiger partial charge in [0.05, 0.1) is 20.3 Å². The molecule has 5 heteroatoms. The highest BCUT2D eigenvalue weighted by molar-refractivity contribution is 5.73. The summed E-state index contributed by atoms with van der Waals surface area (Å²) in [6, 6.07) is 25.0. The number of hydrogen-bond donors (Lipinski definition) is 0. The molecule has 3 aromatic carbocycles. The minimum absolute atomic E-state index is 0.126. The van der Waals surface area contributed by atoms with Crippen molar-refractivity contribution in [3.63, 3.8) is 0 Å². The Labute approximate surface area is 190 Å². The molecule has 1 amide bonds. The summed E-state index contributed by atoms with van der Waals surface area (Å²) in [6.07, 6.45) is 0. The fourth-order valence-corrected chi connectivity index (χ4v) is 4.39. The Morgan fingerprint density at radius 1 is 0.938 bits per heavy atom. The van der Waals surface area contributed by atoms with Crippen LogP contribution in [-0.2, 0) is 11.3 Å². The van der Waals surface area contributed by atoms with E-state index < -0.39 is 0 Å². The normalized spacial score (nSPS) is 16.6. The first-order chi connectivity index (χ1) is 15.6. The van der Waals surface area contributed by atoms with E-state index in [9.17, 15) is 4.79 Å². The van der Waals surface area contributed by atoms with Gasteiger partial charge in [-0.15, -0.1) is 0 Å². The van der Waals surface area contributed by atoms with E-state index in [2.05, 4.69) is 47.4 Å². The number of carbonyl (C=O) groups is 1. The van der Waals surface area contributed by atoms with Gasteiger partial charge in [-0.2, -0.15) is 0 Å². The van der Waals surface area contributed by atoms with Crippen molar-refractivity contribution < 1.29 is 14.3 Å². The first-order valence-electron chi connectivity index (χ1n) is 10.9. The largest absolute Gasteiger partial charge is 0.497 e. The van der Waals surface area contributed by atoms with Crippen LogP contribution in [0.15, 0.2) is 72.8 Å². The van der Waals surface area contributed by atoms with Gasteiger partial charge < -0.3 is 14.4 Å². The maximum atomic E-state index is 12.1. The summed E-state index contributed by atoms with van der Waals surface area (Å²) in [7, 11) is 3.38. The van der Waals surface area contributed by atoms with Crippen molar-refractivity contribution in [1.82, 2.24) is 9.80 Å². The van der Waals surface area contributed by atoms with E-state index in [0.717, 1.165) is 42.3 Å². The maximum Gasteiger partial charge on any atom is 0.219 e. The van der Waals surface area contributed by atoms with Crippen LogP contribution >= 0.6 is 0 Å². The van der Waals surface area contributed by atoms with Crippen LogP contribution in [0.3, 0.4) is 0 Å². The first kappa shape index (κ1) is 21.9. The number of hydrogen-bond acceptors (Lipinski definition) is 4. The van der Waals surface area contributed by atoms with Crippen LogP contribution < -0.4 is 9.47 Å². The molecule has 0 unspecified atom stereocenters. The molecule has 0 saturated carbocycles. The van der Waals surface area contributed by atoms with Crippen LogP contribution in [0.5, 0.6) is 11.5 Å². The van der Waals surface area contributed by atoms with Gasteiger partial charge in [0.25, 0.3) is 0 Å². The van der Waals surface area contributed by atoms with Gasteiger partial charge in [-0.25, -0.2) is 0 Å². The zero-order chi connectivity index (χ0) is 22.5. The van der Waals surface area contributed by atoms with E-state index >= 15 is 0 Å². The Morgan fingerprint density at radius 3 is 2.44 bits per heavy atom. The van der Waals surface area contributed by atoms with Crippen molar-refractivity contribution in [2.45, 2.75) is 19.5 Å². The zero-order valence-electron chi connectivity index (χ0n) is 19.0. The molecular weight excluding hydrogens is 400 g/mol. The van der Waals surface area contributed by atoms with Gasteiger partial charge >= 0.3 is 0 Å². The van der Waals surface area contributed by atoms with E-state index in [-0.39, 0.29) is 11.9 Å². The van der Waals surface area contributed by atoms with Crippen molar-refractivity contribution in [3.05, 3.63) is 83.9 Å². The van der Waals surface area contributed by atoms with E-state index in [4.69, 9.17) is 9.47 Å². The van der Waals surface area contributed by atoms with E-state index in [1.54, 1.807) is 21.1 Å². The van der Waals surface area contributed by atoms with Crippen LogP contribution in [0.1, 0.15) is 24.1 Å². The van der Waals surface area contributed by atoms with Gasteiger partial charge in [0.2, 0.25) is 5.91 Å². The molecule has 5 nitrogen and oxygen atoms in total. The van der Waals surface area contributed by atoms with Gasteiger partial charge in [-0.3, -0.25) is 9.69 Å². The van der Waals surface area contributed by atoms with Gasteiger partial charge in [-0.1, -0.05) is 48.5 Å². The molecule has 0 aliphatic carbocycles. The summed E-state index contributed by atoms with van der Waals surface area (Å²) in [5.41, 5.74) is 4.66. The van der Waals surface area contributed by atoms with Crippen LogP contribution in [-0.4, -0.2) is 49.6 Å². The standard InChI is InChI=1S/C27H30N2O3/c1-20(30)28-15-16-29(26(19-28)22-11-13-24(31-2)14-12-22)18-21-7-6-8-23(17-21)25-9-4-5-10-27(25)32-3/h4-14,17,26H,15-16,18-19H2,1-3H3/t26-/m0/s1.